The van der Waals surface area contributed by atoms with E-state index in [4.69, 9.17) is 0 Å². The summed E-state index contributed by atoms with van der Waals surface area (Å²) in [6.07, 6.45) is 0. The fourth-order valence-electron chi connectivity index (χ4n) is 8.71. The summed E-state index contributed by atoms with van der Waals surface area (Å²) in [6.45, 7) is 0. The van der Waals surface area contributed by atoms with Gasteiger partial charge in [-0.3, -0.25) is 0 Å². The first-order chi connectivity index (χ1) is 28.7. The van der Waals surface area contributed by atoms with E-state index in [0.29, 0.717) is 0 Å². The molecule has 0 bridgehead atoms. The minimum absolute atomic E-state index is 1.12. The normalized spacial score (nSPS) is 11.4. The van der Waals surface area contributed by atoms with Crippen molar-refractivity contribution in [3.8, 4) is 22.3 Å². The average molecular weight is 801 g/mol. The van der Waals surface area contributed by atoms with Gasteiger partial charge >= 0.3 is 223 Å². The van der Waals surface area contributed by atoms with Crippen LogP contribution in [0.4, 0.5) is 17.1 Å². The number of nitrogens with zero attached hydrogens (tertiary/aromatic N) is 1. The molecule has 0 spiro atoms. The van der Waals surface area contributed by atoms with Crippen molar-refractivity contribution in [3.63, 3.8) is 0 Å². The van der Waals surface area contributed by atoms with E-state index in [-0.39, 0.29) is 0 Å². The summed E-state index contributed by atoms with van der Waals surface area (Å²) in [4.78, 5) is 2.36. The van der Waals surface area contributed by atoms with Gasteiger partial charge in [-0.2, -0.15) is 0 Å². The molecule has 0 heterocycles. The molecule has 0 aromatic heterocycles. The Morgan fingerprint density at radius 3 is 0.914 bits per heavy atom. The molecule has 0 amide bonds. The molecular weight excluding hydrogens is 759 g/mol. The van der Waals surface area contributed by atoms with E-state index in [0.717, 1.165) is 17.1 Å². The molecule has 0 aliphatic carbocycles. The molecule has 0 aliphatic heterocycles. The first-order valence-corrected chi connectivity index (χ1v) is 24.2. The summed E-state index contributed by atoms with van der Waals surface area (Å²) >= 11 is -3.30. The van der Waals surface area contributed by atoms with Crippen molar-refractivity contribution in [3.05, 3.63) is 249 Å². The van der Waals surface area contributed by atoms with Crippen molar-refractivity contribution in [2.45, 2.75) is 0 Å². The van der Waals surface area contributed by atoms with Crippen molar-refractivity contribution in [2.75, 3.05) is 4.90 Å². The predicted molar refractivity (Wildman–Crippen MR) is 251 cm³/mol. The number of benzene rings is 10. The summed E-state index contributed by atoms with van der Waals surface area (Å²) in [7, 11) is 0. The molecule has 0 unspecified atom stereocenters. The minimum atomic E-state index is -3.30. The van der Waals surface area contributed by atoms with Gasteiger partial charge in [0.25, 0.3) is 0 Å². The van der Waals surface area contributed by atoms with Crippen molar-refractivity contribution in [2.24, 2.45) is 0 Å². The summed E-state index contributed by atoms with van der Waals surface area (Å²) in [5.41, 5.74) is 8.20. The van der Waals surface area contributed by atoms with E-state index >= 15 is 0 Å². The van der Waals surface area contributed by atoms with Crippen LogP contribution >= 0.6 is 0 Å². The van der Waals surface area contributed by atoms with Crippen LogP contribution in [0.15, 0.2) is 249 Å². The van der Waals surface area contributed by atoms with E-state index in [1.165, 1.54) is 61.4 Å². The maximum absolute atomic E-state index is 3.30. The molecule has 0 saturated carbocycles. The molecule has 2 heteroatoms. The Labute approximate surface area is 343 Å². The van der Waals surface area contributed by atoms with E-state index < -0.39 is 13.3 Å². The van der Waals surface area contributed by atoms with Crippen molar-refractivity contribution >= 4 is 69.5 Å². The van der Waals surface area contributed by atoms with Crippen LogP contribution in [0, 0.1) is 0 Å². The number of fused-ring (bicyclic) bond motifs is 2. The zero-order valence-electron chi connectivity index (χ0n) is 32.1. The van der Waals surface area contributed by atoms with Crippen LogP contribution in [0.2, 0.25) is 0 Å². The Balaban J connectivity index is 0.969. The van der Waals surface area contributed by atoms with Gasteiger partial charge in [0.1, 0.15) is 0 Å². The number of rotatable bonds is 9. The maximum atomic E-state index is 2.39. The van der Waals surface area contributed by atoms with Gasteiger partial charge in [-0.1, -0.05) is 60.7 Å². The predicted octanol–water partition coefficient (Wildman–Crippen LogP) is 12.2. The molecule has 58 heavy (non-hydrogen) atoms. The Morgan fingerprint density at radius 1 is 0.224 bits per heavy atom. The van der Waals surface area contributed by atoms with E-state index in [1.807, 2.05) is 0 Å². The third kappa shape index (κ3) is 6.60. The van der Waals surface area contributed by atoms with E-state index in [9.17, 15) is 0 Å². The van der Waals surface area contributed by atoms with Gasteiger partial charge in [0, 0.05) is 11.4 Å². The first-order valence-electron chi connectivity index (χ1n) is 20.0. The Hall–Kier alpha value is -6.94. The number of hydrogen-bond donors (Lipinski definition) is 0. The molecule has 0 fully saturated rings. The van der Waals surface area contributed by atoms with Gasteiger partial charge in [-0.15, -0.1) is 0 Å². The average Bonchev–Trinajstić information content (AvgIpc) is 3.31. The van der Waals surface area contributed by atoms with Crippen LogP contribution < -0.4 is 22.5 Å². The molecule has 274 valence electrons. The molecule has 10 aromatic carbocycles. The first kappa shape index (κ1) is 35.5. The van der Waals surface area contributed by atoms with Crippen molar-refractivity contribution in [1.29, 1.82) is 0 Å². The van der Waals surface area contributed by atoms with Crippen molar-refractivity contribution < 1.29 is 0 Å². The van der Waals surface area contributed by atoms with E-state index in [1.54, 1.807) is 0 Å². The second-order valence-corrected chi connectivity index (χ2v) is 22.9. The summed E-state index contributed by atoms with van der Waals surface area (Å²) in [6, 6.07) is 91.6. The van der Waals surface area contributed by atoms with Gasteiger partial charge in [0.05, 0.1) is 0 Å². The van der Waals surface area contributed by atoms with Gasteiger partial charge in [-0.05, 0) is 45.8 Å². The Morgan fingerprint density at radius 2 is 0.517 bits per heavy atom. The SMILES string of the molecule is c1cc[c]([Ge]([c]2ccccc2)([c]2ccccc2)[c]2ccc(-c3ccc(-c4ccc(N(c5ccc6ccccc6c5)c5ccc6ccccc6c5)cc4)cc3)cc2)cc1. The fourth-order valence-corrected chi connectivity index (χ4v) is 18.7. The molecular formula is C56H41GeN. The van der Waals surface area contributed by atoms with Gasteiger partial charge in [0.2, 0.25) is 0 Å². The Kier molecular flexibility index (Phi) is 9.50. The molecule has 0 radical (unpaired) electrons. The summed E-state index contributed by atoms with van der Waals surface area (Å²) in [5.74, 6) is 0. The van der Waals surface area contributed by atoms with Gasteiger partial charge < -0.3 is 4.90 Å². The van der Waals surface area contributed by atoms with Crippen LogP contribution in [-0.4, -0.2) is 13.3 Å². The zero-order valence-corrected chi connectivity index (χ0v) is 34.2. The summed E-state index contributed by atoms with van der Waals surface area (Å²) < 4.78 is 5.72. The van der Waals surface area contributed by atoms with Crippen molar-refractivity contribution in [1.82, 2.24) is 0 Å². The van der Waals surface area contributed by atoms with Crippen LogP contribution in [-0.2, 0) is 0 Å². The standard InChI is InChI=1S/C56H41GeN/c1-4-18-50(19-5-1)57(51-20-6-2-7-21-51,52-22-8-3-9-23-52)53-34-28-46(29-35-53)44-24-26-45(27-25-44)47-30-36-54(37-31-47)58(55-38-32-42-14-10-12-16-48(42)40-55)56-39-33-43-15-11-13-17-49(43)41-56/h1-41H. The third-order valence-electron chi connectivity index (χ3n) is 11.6. The quantitative estimate of drug-likeness (QED) is 0.131. The zero-order chi connectivity index (χ0) is 38.7. The number of hydrogen-bond acceptors (Lipinski definition) is 1. The van der Waals surface area contributed by atoms with Gasteiger partial charge in [0.15, 0.2) is 0 Å². The molecule has 1 nitrogen and oxygen atoms in total. The molecule has 0 aliphatic rings. The topological polar surface area (TPSA) is 3.24 Å². The number of anilines is 3. The fraction of sp³-hybridized carbons (Fsp3) is 0. The molecule has 10 rings (SSSR count). The summed E-state index contributed by atoms with van der Waals surface area (Å²) in [5, 5.41) is 4.92. The van der Waals surface area contributed by atoms with Crippen LogP contribution in [0.5, 0.6) is 0 Å². The molecule has 0 N–H and O–H groups in total. The second kappa shape index (κ2) is 15.5. The van der Waals surface area contributed by atoms with Crippen LogP contribution in [0.3, 0.4) is 0 Å². The van der Waals surface area contributed by atoms with E-state index in [2.05, 4.69) is 254 Å². The second-order valence-electron chi connectivity index (χ2n) is 14.9. The molecule has 0 saturated heterocycles. The molecule has 10 aromatic rings. The monoisotopic (exact) mass is 801 g/mol. The van der Waals surface area contributed by atoms with Crippen LogP contribution in [0.25, 0.3) is 43.8 Å². The van der Waals surface area contributed by atoms with Crippen LogP contribution in [0.1, 0.15) is 0 Å². The third-order valence-corrected chi connectivity index (χ3v) is 21.7. The molecule has 0 atom stereocenters. The Bertz CT molecular complexity index is 2780. The van der Waals surface area contributed by atoms with Gasteiger partial charge in [-0.25, -0.2) is 0 Å².